The fraction of sp³-hybridized carbons (Fsp3) is 0.364. The minimum Gasteiger partial charge on any atom is -0.395 e. The predicted octanol–water partition coefficient (Wildman–Crippen LogP) is 2.25. The maximum Gasteiger partial charge on any atom is 0.125 e. The summed E-state index contributed by atoms with van der Waals surface area (Å²) in [5.41, 5.74) is 2.47. The van der Waals surface area contributed by atoms with Crippen molar-refractivity contribution in [1.82, 2.24) is 0 Å². The molecule has 1 aromatic carbocycles. The Kier molecular flexibility index (Phi) is 2.30. The van der Waals surface area contributed by atoms with E-state index >= 15 is 0 Å². The van der Waals surface area contributed by atoms with Gasteiger partial charge in [0.2, 0.25) is 0 Å². The molecule has 0 bridgehead atoms. The van der Waals surface area contributed by atoms with E-state index in [-0.39, 0.29) is 0 Å². The molecule has 1 atom stereocenters. The van der Waals surface area contributed by atoms with Gasteiger partial charge in [-0.15, -0.1) is 0 Å². The average molecular weight is 175 g/mol. The zero-order valence-corrected chi connectivity index (χ0v) is 7.73. The second-order valence-electron chi connectivity index (χ2n) is 3.42. The van der Waals surface area contributed by atoms with Crippen molar-refractivity contribution in [1.29, 1.82) is 0 Å². The van der Waals surface area contributed by atoms with Gasteiger partial charge in [-0.1, -0.05) is 35.5 Å². The monoisotopic (exact) mass is 175 g/mol. The number of hydrogen-bond acceptors (Lipinski definition) is 2. The third-order valence-electron chi connectivity index (χ3n) is 2.40. The van der Waals surface area contributed by atoms with Crippen molar-refractivity contribution in [2.45, 2.75) is 13.3 Å². The van der Waals surface area contributed by atoms with Crippen LogP contribution in [0.5, 0.6) is 0 Å². The van der Waals surface area contributed by atoms with Crippen LogP contribution in [-0.4, -0.2) is 12.3 Å². The van der Waals surface area contributed by atoms with Gasteiger partial charge in [0.25, 0.3) is 0 Å². The first kappa shape index (κ1) is 8.30. The lowest BCUT2D eigenvalue weighted by Gasteiger charge is -2.06. The van der Waals surface area contributed by atoms with Crippen molar-refractivity contribution in [3.8, 4) is 0 Å². The summed E-state index contributed by atoms with van der Waals surface area (Å²) in [6.45, 7) is 2.77. The molecule has 0 saturated carbocycles. The van der Waals surface area contributed by atoms with E-state index in [0.717, 1.165) is 18.7 Å². The van der Waals surface area contributed by atoms with Crippen molar-refractivity contribution in [2.75, 3.05) is 6.61 Å². The van der Waals surface area contributed by atoms with Crippen LogP contribution in [0, 0.1) is 5.92 Å². The minimum absolute atomic E-state index is 0.474. The highest BCUT2D eigenvalue weighted by Gasteiger charge is 2.19. The Morgan fingerprint density at radius 3 is 2.77 bits per heavy atom. The molecule has 2 heteroatoms. The van der Waals surface area contributed by atoms with Gasteiger partial charge >= 0.3 is 0 Å². The SMILES string of the molecule is CC1=NOCC1Cc1ccccc1. The van der Waals surface area contributed by atoms with Gasteiger partial charge in [-0.3, -0.25) is 0 Å². The highest BCUT2D eigenvalue weighted by molar-refractivity contribution is 5.85. The molecule has 0 radical (unpaired) electrons. The molecular formula is C11H13NO. The average Bonchev–Trinajstić information content (AvgIpc) is 2.54. The van der Waals surface area contributed by atoms with E-state index in [9.17, 15) is 0 Å². The van der Waals surface area contributed by atoms with Gasteiger partial charge in [-0.05, 0) is 18.9 Å². The summed E-state index contributed by atoms with van der Waals surface area (Å²) in [5.74, 6) is 0.474. The van der Waals surface area contributed by atoms with Crippen LogP contribution in [0.2, 0.25) is 0 Å². The van der Waals surface area contributed by atoms with Crippen molar-refractivity contribution < 1.29 is 4.84 Å². The second-order valence-corrected chi connectivity index (χ2v) is 3.42. The lowest BCUT2D eigenvalue weighted by atomic mass is 9.97. The molecule has 0 spiro atoms. The van der Waals surface area contributed by atoms with E-state index in [1.54, 1.807) is 0 Å². The van der Waals surface area contributed by atoms with Crippen molar-refractivity contribution >= 4 is 5.71 Å². The summed E-state index contributed by atoms with van der Waals surface area (Å²) in [6, 6.07) is 10.5. The lowest BCUT2D eigenvalue weighted by molar-refractivity contribution is 0.154. The fourth-order valence-corrected chi connectivity index (χ4v) is 1.53. The molecular weight excluding hydrogens is 162 g/mol. The zero-order valence-electron chi connectivity index (χ0n) is 7.73. The van der Waals surface area contributed by atoms with Crippen LogP contribution >= 0.6 is 0 Å². The van der Waals surface area contributed by atoms with Gasteiger partial charge in [-0.25, -0.2) is 0 Å². The number of benzene rings is 1. The first-order valence-corrected chi connectivity index (χ1v) is 4.56. The summed E-state index contributed by atoms with van der Waals surface area (Å²) in [5, 5.41) is 3.93. The topological polar surface area (TPSA) is 21.6 Å². The zero-order chi connectivity index (χ0) is 9.10. The summed E-state index contributed by atoms with van der Waals surface area (Å²) < 4.78 is 0. The number of nitrogens with zero attached hydrogens (tertiary/aromatic N) is 1. The standard InChI is InChI=1S/C11H13NO/c1-9-11(8-13-12-9)7-10-5-3-2-4-6-10/h2-6,11H,7-8H2,1H3. The maximum absolute atomic E-state index is 5.03. The Labute approximate surface area is 78.2 Å². The van der Waals surface area contributed by atoms with Crippen LogP contribution in [0.25, 0.3) is 0 Å². The van der Waals surface area contributed by atoms with Crippen molar-refractivity contribution in [3.63, 3.8) is 0 Å². The summed E-state index contributed by atoms with van der Waals surface area (Å²) >= 11 is 0. The van der Waals surface area contributed by atoms with Crippen molar-refractivity contribution in [3.05, 3.63) is 35.9 Å². The molecule has 0 aromatic heterocycles. The number of rotatable bonds is 2. The molecule has 68 valence electrons. The van der Waals surface area contributed by atoms with Gasteiger partial charge in [0.15, 0.2) is 0 Å². The predicted molar refractivity (Wildman–Crippen MR) is 52.7 cm³/mol. The molecule has 0 N–H and O–H groups in total. The Morgan fingerprint density at radius 2 is 2.15 bits per heavy atom. The quantitative estimate of drug-likeness (QED) is 0.675. The van der Waals surface area contributed by atoms with E-state index in [1.165, 1.54) is 5.56 Å². The van der Waals surface area contributed by atoms with E-state index in [0.29, 0.717) is 5.92 Å². The molecule has 0 aliphatic carbocycles. The van der Waals surface area contributed by atoms with Gasteiger partial charge in [-0.2, -0.15) is 0 Å². The highest BCUT2D eigenvalue weighted by Crippen LogP contribution is 2.15. The van der Waals surface area contributed by atoms with E-state index in [1.807, 2.05) is 13.0 Å². The molecule has 0 amide bonds. The smallest absolute Gasteiger partial charge is 0.125 e. The molecule has 2 nitrogen and oxygen atoms in total. The van der Waals surface area contributed by atoms with Gasteiger partial charge in [0, 0.05) is 5.92 Å². The third kappa shape index (κ3) is 1.89. The Balaban J connectivity index is 2.03. The highest BCUT2D eigenvalue weighted by atomic mass is 16.6. The van der Waals surface area contributed by atoms with Crippen LogP contribution in [0.3, 0.4) is 0 Å². The number of oxime groups is 1. The molecule has 1 aliphatic heterocycles. The Bertz CT molecular complexity index is 305. The molecule has 0 fully saturated rings. The van der Waals surface area contributed by atoms with E-state index in [4.69, 9.17) is 4.84 Å². The largest absolute Gasteiger partial charge is 0.395 e. The molecule has 2 rings (SSSR count). The molecule has 1 heterocycles. The first-order valence-electron chi connectivity index (χ1n) is 4.56. The van der Waals surface area contributed by atoms with Crippen LogP contribution in [0.1, 0.15) is 12.5 Å². The maximum atomic E-state index is 5.03. The molecule has 1 aliphatic rings. The Morgan fingerprint density at radius 1 is 1.38 bits per heavy atom. The molecule has 1 unspecified atom stereocenters. The molecule has 1 aromatic rings. The molecule has 13 heavy (non-hydrogen) atoms. The fourth-order valence-electron chi connectivity index (χ4n) is 1.53. The Hall–Kier alpha value is -1.31. The summed E-state index contributed by atoms with van der Waals surface area (Å²) in [4.78, 5) is 5.03. The van der Waals surface area contributed by atoms with Gasteiger partial charge in [0.05, 0.1) is 5.71 Å². The van der Waals surface area contributed by atoms with Crippen molar-refractivity contribution in [2.24, 2.45) is 11.1 Å². The van der Waals surface area contributed by atoms with Crippen LogP contribution in [-0.2, 0) is 11.3 Å². The third-order valence-corrected chi connectivity index (χ3v) is 2.40. The van der Waals surface area contributed by atoms with Gasteiger partial charge in [0.1, 0.15) is 6.61 Å². The van der Waals surface area contributed by atoms with Crippen LogP contribution in [0.15, 0.2) is 35.5 Å². The second kappa shape index (κ2) is 3.60. The molecule has 0 saturated heterocycles. The van der Waals surface area contributed by atoms with Crippen LogP contribution < -0.4 is 0 Å². The van der Waals surface area contributed by atoms with Crippen LogP contribution in [0.4, 0.5) is 0 Å². The minimum atomic E-state index is 0.474. The summed E-state index contributed by atoms with van der Waals surface area (Å²) in [7, 11) is 0. The van der Waals surface area contributed by atoms with E-state index in [2.05, 4.69) is 29.4 Å². The van der Waals surface area contributed by atoms with E-state index < -0.39 is 0 Å². The normalized spacial score (nSPS) is 21.0. The summed E-state index contributed by atoms with van der Waals surface area (Å²) in [6.07, 6.45) is 1.04. The lowest BCUT2D eigenvalue weighted by Crippen LogP contribution is -2.12. The van der Waals surface area contributed by atoms with Gasteiger partial charge < -0.3 is 4.84 Å². The first-order chi connectivity index (χ1) is 6.36. The number of hydrogen-bond donors (Lipinski definition) is 0.